The second-order valence-corrected chi connectivity index (χ2v) is 3.53. The standard InChI is InChI=1S/C9H11N5/c1-7-11-12-9-8(13-4-2-5-13)10-3-6-14(7)9/h3,6H,2,4-5H2,1H3. The Kier molecular flexibility index (Phi) is 1.47. The van der Waals surface area contributed by atoms with E-state index in [1.54, 1.807) is 6.20 Å². The summed E-state index contributed by atoms with van der Waals surface area (Å²) in [5.74, 6) is 1.86. The molecular formula is C9H11N5. The van der Waals surface area contributed by atoms with E-state index in [1.807, 2.05) is 17.5 Å². The highest BCUT2D eigenvalue weighted by Gasteiger charge is 2.19. The van der Waals surface area contributed by atoms with Crippen LogP contribution in [0.2, 0.25) is 0 Å². The summed E-state index contributed by atoms with van der Waals surface area (Å²) in [7, 11) is 0. The maximum absolute atomic E-state index is 4.34. The Morgan fingerprint density at radius 1 is 1.29 bits per heavy atom. The van der Waals surface area contributed by atoms with E-state index in [-0.39, 0.29) is 0 Å². The minimum atomic E-state index is 0.865. The summed E-state index contributed by atoms with van der Waals surface area (Å²) in [4.78, 5) is 6.57. The number of rotatable bonds is 1. The van der Waals surface area contributed by atoms with Crippen LogP contribution >= 0.6 is 0 Å². The Labute approximate surface area is 81.4 Å². The highest BCUT2D eigenvalue weighted by molar-refractivity contribution is 5.64. The first kappa shape index (κ1) is 7.73. The Bertz CT molecular complexity index is 471. The van der Waals surface area contributed by atoms with Gasteiger partial charge in [0.25, 0.3) is 0 Å². The highest BCUT2D eigenvalue weighted by atomic mass is 15.3. The Balaban J connectivity index is 2.22. The summed E-state index contributed by atoms with van der Waals surface area (Å²) in [6.45, 7) is 4.11. The van der Waals surface area contributed by atoms with E-state index >= 15 is 0 Å². The molecule has 1 aliphatic heterocycles. The molecule has 5 nitrogen and oxygen atoms in total. The molecule has 3 heterocycles. The van der Waals surface area contributed by atoms with Crippen molar-refractivity contribution in [1.82, 2.24) is 19.6 Å². The molecular weight excluding hydrogens is 178 g/mol. The topological polar surface area (TPSA) is 46.3 Å². The molecule has 0 unspecified atom stereocenters. The van der Waals surface area contributed by atoms with Crippen LogP contribution in [-0.4, -0.2) is 32.7 Å². The molecule has 0 spiro atoms. The average molecular weight is 189 g/mol. The Morgan fingerprint density at radius 3 is 2.86 bits per heavy atom. The van der Waals surface area contributed by atoms with Gasteiger partial charge in [-0.05, 0) is 13.3 Å². The van der Waals surface area contributed by atoms with Crippen LogP contribution < -0.4 is 4.90 Å². The molecule has 0 amide bonds. The molecule has 0 aliphatic carbocycles. The lowest BCUT2D eigenvalue weighted by atomic mass is 10.2. The molecule has 1 aliphatic rings. The summed E-state index contributed by atoms with van der Waals surface area (Å²) in [6.07, 6.45) is 4.95. The van der Waals surface area contributed by atoms with Gasteiger partial charge >= 0.3 is 0 Å². The number of fused-ring (bicyclic) bond motifs is 1. The normalized spacial score (nSPS) is 15.9. The number of nitrogens with zero attached hydrogens (tertiary/aromatic N) is 5. The quantitative estimate of drug-likeness (QED) is 0.660. The van der Waals surface area contributed by atoms with Crippen molar-refractivity contribution in [3.63, 3.8) is 0 Å². The first-order valence-corrected chi connectivity index (χ1v) is 4.77. The van der Waals surface area contributed by atoms with E-state index in [0.29, 0.717) is 0 Å². The molecule has 1 fully saturated rings. The van der Waals surface area contributed by atoms with Gasteiger partial charge in [0, 0.05) is 25.5 Å². The van der Waals surface area contributed by atoms with E-state index in [9.17, 15) is 0 Å². The molecule has 2 aromatic heterocycles. The third-order valence-electron chi connectivity index (χ3n) is 2.63. The average Bonchev–Trinajstić information content (AvgIpc) is 2.47. The fourth-order valence-corrected chi connectivity index (χ4v) is 1.68. The lowest BCUT2D eigenvalue weighted by Crippen LogP contribution is -2.38. The van der Waals surface area contributed by atoms with Gasteiger partial charge in [-0.15, -0.1) is 10.2 Å². The number of hydrogen-bond donors (Lipinski definition) is 0. The van der Waals surface area contributed by atoms with Crippen molar-refractivity contribution < 1.29 is 0 Å². The van der Waals surface area contributed by atoms with Gasteiger partial charge in [-0.25, -0.2) is 4.98 Å². The molecule has 0 aromatic carbocycles. The van der Waals surface area contributed by atoms with Crippen molar-refractivity contribution in [2.45, 2.75) is 13.3 Å². The minimum absolute atomic E-state index is 0.865. The summed E-state index contributed by atoms with van der Waals surface area (Å²) >= 11 is 0. The third-order valence-corrected chi connectivity index (χ3v) is 2.63. The van der Waals surface area contributed by atoms with Crippen LogP contribution in [0.4, 0.5) is 5.82 Å². The van der Waals surface area contributed by atoms with Crippen LogP contribution in [0.15, 0.2) is 12.4 Å². The molecule has 5 heteroatoms. The van der Waals surface area contributed by atoms with Gasteiger partial charge in [-0.1, -0.05) is 0 Å². The number of anilines is 1. The lowest BCUT2D eigenvalue weighted by molar-refractivity contribution is 0.610. The van der Waals surface area contributed by atoms with Gasteiger partial charge in [-0.3, -0.25) is 4.40 Å². The van der Waals surface area contributed by atoms with E-state index in [2.05, 4.69) is 20.1 Å². The summed E-state index contributed by atoms with van der Waals surface area (Å²) in [6, 6.07) is 0. The van der Waals surface area contributed by atoms with E-state index < -0.39 is 0 Å². The van der Waals surface area contributed by atoms with Gasteiger partial charge in [0.2, 0.25) is 5.65 Å². The zero-order valence-corrected chi connectivity index (χ0v) is 8.01. The van der Waals surface area contributed by atoms with Crippen LogP contribution in [0.1, 0.15) is 12.2 Å². The second-order valence-electron chi connectivity index (χ2n) is 3.53. The molecule has 0 saturated carbocycles. The fourth-order valence-electron chi connectivity index (χ4n) is 1.68. The van der Waals surface area contributed by atoms with E-state index in [4.69, 9.17) is 0 Å². The number of hydrogen-bond acceptors (Lipinski definition) is 4. The van der Waals surface area contributed by atoms with E-state index in [1.165, 1.54) is 6.42 Å². The SMILES string of the molecule is Cc1nnc2c(N3CCC3)nccn12. The van der Waals surface area contributed by atoms with Crippen LogP contribution in [0, 0.1) is 6.92 Å². The maximum Gasteiger partial charge on any atom is 0.203 e. The molecule has 0 atom stereocenters. The van der Waals surface area contributed by atoms with Crippen molar-refractivity contribution in [1.29, 1.82) is 0 Å². The zero-order valence-electron chi connectivity index (χ0n) is 8.01. The largest absolute Gasteiger partial charge is 0.353 e. The molecule has 72 valence electrons. The van der Waals surface area contributed by atoms with Crippen LogP contribution in [0.3, 0.4) is 0 Å². The number of aryl methyl sites for hydroxylation is 1. The summed E-state index contributed by atoms with van der Waals surface area (Å²) in [5.41, 5.74) is 0.865. The van der Waals surface area contributed by atoms with E-state index in [0.717, 1.165) is 30.4 Å². The minimum Gasteiger partial charge on any atom is -0.353 e. The third kappa shape index (κ3) is 0.921. The van der Waals surface area contributed by atoms with Gasteiger partial charge in [0.05, 0.1) is 0 Å². The summed E-state index contributed by atoms with van der Waals surface area (Å²) < 4.78 is 1.97. The second kappa shape index (κ2) is 2.67. The predicted octanol–water partition coefficient (Wildman–Crippen LogP) is 0.643. The first-order chi connectivity index (χ1) is 6.86. The maximum atomic E-state index is 4.34. The van der Waals surface area contributed by atoms with Crippen molar-refractivity contribution in [2.24, 2.45) is 0 Å². The van der Waals surface area contributed by atoms with Gasteiger partial charge < -0.3 is 4.90 Å². The molecule has 2 aromatic rings. The first-order valence-electron chi connectivity index (χ1n) is 4.77. The van der Waals surface area contributed by atoms with Crippen LogP contribution in [-0.2, 0) is 0 Å². The lowest BCUT2D eigenvalue weighted by Gasteiger charge is -2.31. The van der Waals surface area contributed by atoms with Gasteiger partial charge in [0.15, 0.2) is 5.82 Å². The van der Waals surface area contributed by atoms with Crippen molar-refractivity contribution in [2.75, 3.05) is 18.0 Å². The zero-order chi connectivity index (χ0) is 9.54. The Morgan fingerprint density at radius 2 is 2.14 bits per heavy atom. The molecule has 0 N–H and O–H groups in total. The predicted molar refractivity (Wildman–Crippen MR) is 52.3 cm³/mol. The van der Waals surface area contributed by atoms with Gasteiger partial charge in [-0.2, -0.15) is 0 Å². The van der Waals surface area contributed by atoms with Crippen molar-refractivity contribution >= 4 is 11.5 Å². The Hall–Kier alpha value is -1.65. The molecule has 0 radical (unpaired) electrons. The summed E-state index contributed by atoms with van der Waals surface area (Å²) in [5, 5.41) is 8.17. The molecule has 14 heavy (non-hydrogen) atoms. The smallest absolute Gasteiger partial charge is 0.203 e. The van der Waals surface area contributed by atoms with Gasteiger partial charge in [0.1, 0.15) is 5.82 Å². The van der Waals surface area contributed by atoms with Crippen molar-refractivity contribution in [3.05, 3.63) is 18.2 Å². The number of aromatic nitrogens is 4. The van der Waals surface area contributed by atoms with Crippen molar-refractivity contribution in [3.8, 4) is 0 Å². The van der Waals surface area contributed by atoms with Crippen LogP contribution in [0.5, 0.6) is 0 Å². The highest BCUT2D eigenvalue weighted by Crippen LogP contribution is 2.21. The molecule has 1 saturated heterocycles. The molecule has 0 bridgehead atoms. The fraction of sp³-hybridized carbons (Fsp3) is 0.444. The monoisotopic (exact) mass is 189 g/mol. The molecule has 3 rings (SSSR count). The van der Waals surface area contributed by atoms with Crippen LogP contribution in [0.25, 0.3) is 5.65 Å².